The van der Waals surface area contributed by atoms with Gasteiger partial charge in [0.25, 0.3) is 0 Å². The topological polar surface area (TPSA) is 33.5 Å². The van der Waals surface area contributed by atoms with E-state index in [4.69, 9.17) is 0 Å². The van der Waals surface area contributed by atoms with E-state index in [0.717, 1.165) is 30.5 Å². The summed E-state index contributed by atoms with van der Waals surface area (Å²) in [5.74, 6) is 2.18. The van der Waals surface area contributed by atoms with Gasteiger partial charge in [-0.15, -0.1) is 0 Å². The normalized spacial score (nSPS) is 40.8. The van der Waals surface area contributed by atoms with Gasteiger partial charge in [0.1, 0.15) is 5.70 Å². The number of allylic oxidation sites excluding steroid dienone is 2. The molecule has 3 aliphatic rings. The van der Waals surface area contributed by atoms with Crippen LogP contribution in [0.5, 0.6) is 0 Å². The lowest BCUT2D eigenvalue weighted by molar-refractivity contribution is -0.794. The van der Waals surface area contributed by atoms with Crippen molar-refractivity contribution >= 4 is 5.91 Å². The second-order valence-electron chi connectivity index (χ2n) is 4.91. The summed E-state index contributed by atoms with van der Waals surface area (Å²) in [6, 6.07) is 0. The number of nitrogens with one attached hydrogen (secondary N) is 2. The maximum atomic E-state index is 11.8. The van der Waals surface area contributed by atoms with Gasteiger partial charge >= 0.3 is 5.91 Å². The second-order valence-corrected chi connectivity index (χ2v) is 4.91. The number of quaternary nitrogens is 1. The molecule has 4 unspecified atom stereocenters. The number of hydrogen-bond acceptors (Lipinski definition) is 2. The Hall–Kier alpha value is -0.200. The molecule has 0 aromatic rings. The molecule has 0 spiro atoms. The molecule has 0 aliphatic carbocycles. The van der Waals surface area contributed by atoms with Gasteiger partial charge in [0, 0.05) is 31.0 Å². The summed E-state index contributed by atoms with van der Waals surface area (Å²) in [6.07, 6.45) is 5.75. The van der Waals surface area contributed by atoms with Gasteiger partial charge in [-0.2, -0.15) is 0 Å². The Kier molecular flexibility index (Phi) is 3.51. The van der Waals surface area contributed by atoms with Crippen molar-refractivity contribution in [3.63, 3.8) is 0 Å². The van der Waals surface area contributed by atoms with Gasteiger partial charge in [-0.1, -0.05) is 6.92 Å². The quantitative estimate of drug-likeness (QED) is 0.449. The third-order valence-corrected chi connectivity index (χ3v) is 4.18. The molecular formula is C12H17IN2O. The summed E-state index contributed by atoms with van der Waals surface area (Å²) in [7, 11) is 0. The van der Waals surface area contributed by atoms with Crippen molar-refractivity contribution in [2.24, 2.45) is 17.8 Å². The minimum Gasteiger partial charge on any atom is -1.00 e. The summed E-state index contributed by atoms with van der Waals surface area (Å²) in [5, 5.41) is 3.48. The predicted molar refractivity (Wildman–Crippen MR) is 57.1 cm³/mol. The SMILES string of the molecule is CC1C2CNCC1C1=CC=CC(=O)[NH+]1C2.[I-]. The number of hydrogen-bond donors (Lipinski definition) is 2. The molecule has 88 valence electrons. The van der Waals surface area contributed by atoms with E-state index in [1.165, 1.54) is 5.70 Å². The second kappa shape index (κ2) is 4.58. The van der Waals surface area contributed by atoms with Crippen LogP contribution in [0.3, 0.4) is 0 Å². The molecule has 4 atom stereocenters. The predicted octanol–water partition coefficient (Wildman–Crippen LogP) is -3.66. The summed E-state index contributed by atoms with van der Waals surface area (Å²) < 4.78 is 0. The zero-order valence-corrected chi connectivity index (χ0v) is 11.5. The van der Waals surface area contributed by atoms with E-state index in [9.17, 15) is 4.79 Å². The van der Waals surface area contributed by atoms with E-state index in [1.807, 2.05) is 6.08 Å². The maximum Gasteiger partial charge on any atom is 0.341 e. The molecule has 2 bridgehead atoms. The lowest BCUT2D eigenvalue weighted by Gasteiger charge is -2.44. The third kappa shape index (κ3) is 1.76. The minimum atomic E-state index is 0. The van der Waals surface area contributed by atoms with E-state index in [2.05, 4.69) is 18.3 Å². The van der Waals surface area contributed by atoms with Gasteiger partial charge in [0.05, 0.1) is 6.54 Å². The molecule has 2 saturated heterocycles. The van der Waals surface area contributed by atoms with Crippen LogP contribution in [0.15, 0.2) is 23.9 Å². The van der Waals surface area contributed by atoms with Gasteiger partial charge in [-0.25, -0.2) is 9.69 Å². The molecule has 1 amide bonds. The summed E-state index contributed by atoms with van der Waals surface area (Å²) in [6.45, 7) is 5.41. The number of rotatable bonds is 0. The fraction of sp³-hybridized carbons (Fsp3) is 0.583. The van der Waals surface area contributed by atoms with Crippen LogP contribution < -0.4 is 34.2 Å². The Morgan fingerprint density at radius 2 is 2.25 bits per heavy atom. The summed E-state index contributed by atoms with van der Waals surface area (Å²) in [5.41, 5.74) is 1.30. The molecule has 3 heterocycles. The van der Waals surface area contributed by atoms with Crippen molar-refractivity contribution in [1.29, 1.82) is 0 Å². The molecule has 0 radical (unpaired) electrons. The lowest BCUT2D eigenvalue weighted by Crippen LogP contribution is -3.16. The van der Waals surface area contributed by atoms with Crippen LogP contribution in [0.4, 0.5) is 0 Å². The van der Waals surface area contributed by atoms with E-state index < -0.39 is 0 Å². The Bertz CT molecular complexity index is 364. The van der Waals surface area contributed by atoms with Crippen molar-refractivity contribution in [3.05, 3.63) is 23.9 Å². The summed E-state index contributed by atoms with van der Waals surface area (Å²) >= 11 is 0. The van der Waals surface area contributed by atoms with E-state index in [1.54, 1.807) is 6.08 Å². The van der Waals surface area contributed by atoms with Crippen LogP contribution in [-0.4, -0.2) is 25.5 Å². The first-order chi connectivity index (χ1) is 7.27. The fourth-order valence-electron chi connectivity index (χ4n) is 3.19. The Balaban J connectivity index is 0.000000963. The van der Waals surface area contributed by atoms with Crippen LogP contribution in [0.2, 0.25) is 0 Å². The van der Waals surface area contributed by atoms with Crippen LogP contribution >= 0.6 is 0 Å². The Morgan fingerprint density at radius 1 is 1.44 bits per heavy atom. The van der Waals surface area contributed by atoms with Crippen molar-refractivity contribution in [2.45, 2.75) is 6.92 Å². The molecular weight excluding hydrogens is 315 g/mol. The number of halogens is 1. The number of piperidine rings is 2. The maximum absolute atomic E-state index is 11.8. The zero-order valence-electron chi connectivity index (χ0n) is 9.37. The highest BCUT2D eigenvalue weighted by Crippen LogP contribution is 2.30. The van der Waals surface area contributed by atoms with Gasteiger partial charge in [0.2, 0.25) is 0 Å². The van der Waals surface area contributed by atoms with Gasteiger partial charge in [0.15, 0.2) is 0 Å². The minimum absolute atomic E-state index is 0. The highest BCUT2D eigenvalue weighted by atomic mass is 127. The molecule has 2 N–H and O–H groups in total. The molecule has 16 heavy (non-hydrogen) atoms. The van der Waals surface area contributed by atoms with Crippen molar-refractivity contribution < 1.29 is 33.7 Å². The molecule has 2 fully saturated rings. The first-order valence-corrected chi connectivity index (χ1v) is 5.77. The Labute approximate surface area is 113 Å². The number of carbonyl (C=O) groups excluding carboxylic acids is 1. The first kappa shape index (κ1) is 12.3. The monoisotopic (exact) mass is 332 g/mol. The molecule has 0 aromatic heterocycles. The summed E-state index contributed by atoms with van der Waals surface area (Å²) in [4.78, 5) is 12.9. The number of amides is 1. The lowest BCUT2D eigenvalue weighted by atomic mass is 9.73. The molecule has 3 rings (SSSR count). The average molecular weight is 332 g/mol. The van der Waals surface area contributed by atoms with Crippen LogP contribution in [0, 0.1) is 17.8 Å². The van der Waals surface area contributed by atoms with E-state index in [0.29, 0.717) is 11.8 Å². The largest absolute Gasteiger partial charge is 1.00 e. The van der Waals surface area contributed by atoms with E-state index >= 15 is 0 Å². The van der Waals surface area contributed by atoms with E-state index in [-0.39, 0.29) is 29.9 Å². The van der Waals surface area contributed by atoms with Crippen LogP contribution in [-0.2, 0) is 4.79 Å². The van der Waals surface area contributed by atoms with Crippen LogP contribution in [0.25, 0.3) is 0 Å². The van der Waals surface area contributed by atoms with Crippen molar-refractivity contribution in [3.8, 4) is 0 Å². The smallest absolute Gasteiger partial charge is 0.341 e. The Morgan fingerprint density at radius 3 is 3.06 bits per heavy atom. The molecule has 0 saturated carbocycles. The molecule has 4 heteroatoms. The molecule has 3 nitrogen and oxygen atoms in total. The van der Waals surface area contributed by atoms with Crippen molar-refractivity contribution in [1.82, 2.24) is 5.32 Å². The highest BCUT2D eigenvalue weighted by Gasteiger charge is 2.45. The zero-order chi connectivity index (χ0) is 10.4. The average Bonchev–Trinajstić information content (AvgIpc) is 2.20. The third-order valence-electron chi connectivity index (χ3n) is 4.18. The standard InChI is InChI=1S/C12H16N2O.HI/c1-8-9-5-13-6-10(8)11-3-2-4-12(15)14(11)7-9;/h2-4,8-10,13H,5-7H2,1H3;1H. The highest BCUT2D eigenvalue weighted by molar-refractivity contribution is 5.81. The van der Waals surface area contributed by atoms with Gasteiger partial charge < -0.3 is 29.3 Å². The number of fused-ring (bicyclic) bond motifs is 4. The fourth-order valence-corrected chi connectivity index (χ4v) is 3.19. The van der Waals surface area contributed by atoms with Crippen molar-refractivity contribution in [2.75, 3.05) is 19.6 Å². The molecule has 3 aliphatic heterocycles. The van der Waals surface area contributed by atoms with Gasteiger partial charge in [-0.3, -0.25) is 0 Å². The molecule has 0 aromatic carbocycles. The van der Waals surface area contributed by atoms with Crippen LogP contribution in [0.1, 0.15) is 6.92 Å². The van der Waals surface area contributed by atoms with Gasteiger partial charge in [-0.05, 0) is 18.1 Å². The first-order valence-electron chi connectivity index (χ1n) is 5.77. The number of carbonyl (C=O) groups is 1.